The van der Waals surface area contributed by atoms with Gasteiger partial charge in [0, 0.05) is 12.5 Å². The van der Waals surface area contributed by atoms with Crippen molar-refractivity contribution in [2.24, 2.45) is 0 Å². The van der Waals surface area contributed by atoms with Gasteiger partial charge in [0.15, 0.2) is 8.32 Å². The Morgan fingerprint density at radius 3 is 2.46 bits per heavy atom. The van der Waals surface area contributed by atoms with E-state index in [1.54, 1.807) is 10.7 Å². The average Bonchev–Trinajstić information content (AvgIpc) is 3.02. The topological polar surface area (TPSA) is 85.6 Å². The van der Waals surface area contributed by atoms with Crippen LogP contribution in [0.2, 0.25) is 18.1 Å². The third-order valence-corrected chi connectivity index (χ3v) is 9.69. The summed E-state index contributed by atoms with van der Waals surface area (Å²) in [5.41, 5.74) is 0.399. The van der Waals surface area contributed by atoms with Crippen LogP contribution in [0, 0.1) is 0 Å². The number of rotatable bonds is 4. The van der Waals surface area contributed by atoms with E-state index in [-0.39, 0.29) is 22.8 Å². The van der Waals surface area contributed by atoms with E-state index in [0.29, 0.717) is 12.4 Å². The first-order chi connectivity index (χ1) is 11.7. The molecule has 0 bridgehead atoms. The lowest BCUT2D eigenvalue weighted by Crippen LogP contribution is -2.44. The van der Waals surface area contributed by atoms with Gasteiger partial charge in [-0.15, -0.1) is 0 Å². The third-order valence-electron chi connectivity index (χ3n) is 5.16. The summed E-state index contributed by atoms with van der Waals surface area (Å²) in [4.78, 5) is 11.1. The molecule has 0 aliphatic carbocycles. The molecule has 0 saturated carbocycles. The summed E-state index contributed by atoms with van der Waals surface area (Å²) in [5, 5.41) is 16.3. The second kappa shape index (κ2) is 6.98. The lowest BCUT2D eigenvalue weighted by Gasteiger charge is -2.38. The van der Waals surface area contributed by atoms with Crippen LogP contribution >= 0.6 is 0 Å². The SMILES string of the molecule is CC(C)(C)n1nc([C@H]2C[C@@H](O[Si](C)(C)C(C)(C)C)CO2)cc1NC(=O)O. The van der Waals surface area contributed by atoms with Crippen molar-refractivity contribution < 1.29 is 19.1 Å². The van der Waals surface area contributed by atoms with Gasteiger partial charge in [0.05, 0.1) is 23.9 Å². The van der Waals surface area contributed by atoms with Gasteiger partial charge < -0.3 is 14.3 Å². The molecule has 7 nitrogen and oxygen atoms in total. The van der Waals surface area contributed by atoms with Crippen LogP contribution in [0.5, 0.6) is 0 Å². The summed E-state index contributed by atoms with van der Waals surface area (Å²) in [6.45, 7) is 17.6. The molecule has 148 valence electrons. The summed E-state index contributed by atoms with van der Waals surface area (Å²) in [6, 6.07) is 1.76. The maximum Gasteiger partial charge on any atom is 0.410 e. The van der Waals surface area contributed by atoms with Gasteiger partial charge in [-0.05, 0) is 38.9 Å². The summed E-state index contributed by atoms with van der Waals surface area (Å²) < 4.78 is 14.1. The summed E-state index contributed by atoms with van der Waals surface area (Å²) in [5.74, 6) is 0.456. The number of aromatic nitrogens is 2. The van der Waals surface area contributed by atoms with Crippen molar-refractivity contribution in [1.29, 1.82) is 0 Å². The monoisotopic (exact) mass is 383 g/mol. The van der Waals surface area contributed by atoms with Gasteiger partial charge in [-0.1, -0.05) is 20.8 Å². The Balaban J connectivity index is 2.16. The van der Waals surface area contributed by atoms with Gasteiger partial charge in [0.2, 0.25) is 0 Å². The maximum atomic E-state index is 11.1. The molecule has 1 aliphatic heterocycles. The van der Waals surface area contributed by atoms with E-state index in [1.807, 2.05) is 20.8 Å². The van der Waals surface area contributed by atoms with Crippen LogP contribution in [0.3, 0.4) is 0 Å². The molecule has 2 atom stereocenters. The van der Waals surface area contributed by atoms with Crippen LogP contribution in [0.15, 0.2) is 6.07 Å². The maximum absolute atomic E-state index is 11.1. The molecule has 2 N–H and O–H groups in total. The highest BCUT2D eigenvalue weighted by Crippen LogP contribution is 2.40. The fourth-order valence-electron chi connectivity index (χ4n) is 2.75. The number of carboxylic acid groups (broad SMARTS) is 1. The number of carbonyl (C=O) groups is 1. The Bertz CT molecular complexity index is 658. The Morgan fingerprint density at radius 1 is 1.35 bits per heavy atom. The first kappa shape index (κ1) is 20.9. The Hall–Kier alpha value is -1.38. The van der Waals surface area contributed by atoms with Crippen LogP contribution < -0.4 is 5.32 Å². The first-order valence-electron chi connectivity index (χ1n) is 9.10. The van der Waals surface area contributed by atoms with Gasteiger partial charge in [-0.3, -0.25) is 5.32 Å². The van der Waals surface area contributed by atoms with E-state index in [2.05, 4.69) is 44.3 Å². The van der Waals surface area contributed by atoms with E-state index in [1.165, 1.54) is 0 Å². The highest BCUT2D eigenvalue weighted by Gasteiger charge is 2.41. The molecular weight excluding hydrogens is 350 g/mol. The lowest BCUT2D eigenvalue weighted by atomic mass is 10.1. The number of ether oxygens (including phenoxy) is 1. The van der Waals surface area contributed by atoms with Crippen molar-refractivity contribution in [2.75, 3.05) is 11.9 Å². The minimum atomic E-state index is -1.85. The van der Waals surface area contributed by atoms with Crippen LogP contribution in [0.1, 0.15) is 59.8 Å². The van der Waals surface area contributed by atoms with E-state index in [9.17, 15) is 4.79 Å². The minimum absolute atomic E-state index is 0.0524. The number of hydrogen-bond acceptors (Lipinski definition) is 4. The molecule has 2 heterocycles. The highest BCUT2D eigenvalue weighted by atomic mass is 28.4. The second-order valence-electron chi connectivity index (χ2n) is 9.53. The molecule has 1 fully saturated rings. The molecule has 0 radical (unpaired) electrons. The van der Waals surface area contributed by atoms with Crippen LogP contribution in [0.4, 0.5) is 10.6 Å². The molecular formula is C18H33N3O4Si. The van der Waals surface area contributed by atoms with Gasteiger partial charge in [0.25, 0.3) is 0 Å². The van der Waals surface area contributed by atoms with E-state index >= 15 is 0 Å². The number of anilines is 1. The molecule has 1 aromatic rings. The predicted octanol–water partition coefficient (Wildman–Crippen LogP) is 4.58. The number of nitrogens with zero attached hydrogens (tertiary/aromatic N) is 2. The molecule has 1 saturated heterocycles. The number of hydrogen-bond donors (Lipinski definition) is 2. The van der Waals surface area contributed by atoms with Crippen molar-refractivity contribution in [2.45, 2.75) is 83.8 Å². The quantitative estimate of drug-likeness (QED) is 0.743. The zero-order valence-corrected chi connectivity index (χ0v) is 18.2. The summed E-state index contributed by atoms with van der Waals surface area (Å²) >= 11 is 0. The molecule has 2 rings (SSSR count). The molecule has 0 unspecified atom stereocenters. The molecule has 1 aromatic heterocycles. The molecule has 1 aliphatic rings. The summed E-state index contributed by atoms with van der Waals surface area (Å²) in [7, 11) is -1.85. The first-order valence-corrected chi connectivity index (χ1v) is 12.0. The summed E-state index contributed by atoms with van der Waals surface area (Å²) in [6.07, 6.45) is -0.493. The molecule has 8 heteroatoms. The lowest BCUT2D eigenvalue weighted by molar-refractivity contribution is 0.0882. The molecule has 1 amide bonds. The van der Waals surface area contributed by atoms with Crippen molar-refractivity contribution in [3.05, 3.63) is 11.8 Å². The molecule has 26 heavy (non-hydrogen) atoms. The van der Waals surface area contributed by atoms with Crippen molar-refractivity contribution in [3.8, 4) is 0 Å². The van der Waals surface area contributed by atoms with Crippen LogP contribution in [-0.2, 0) is 14.7 Å². The molecule has 0 spiro atoms. The third kappa shape index (κ3) is 4.66. The number of amides is 1. The number of nitrogens with one attached hydrogen (secondary N) is 1. The van der Waals surface area contributed by atoms with Crippen molar-refractivity contribution >= 4 is 20.2 Å². The largest absolute Gasteiger partial charge is 0.465 e. The molecule has 0 aromatic carbocycles. The van der Waals surface area contributed by atoms with E-state index in [4.69, 9.17) is 14.3 Å². The zero-order valence-electron chi connectivity index (χ0n) is 17.2. The zero-order chi connectivity index (χ0) is 19.9. The Kier molecular flexibility index (Phi) is 5.61. The fourth-order valence-corrected chi connectivity index (χ4v) is 4.10. The van der Waals surface area contributed by atoms with E-state index in [0.717, 1.165) is 12.1 Å². The smallest absolute Gasteiger partial charge is 0.410 e. The van der Waals surface area contributed by atoms with E-state index < -0.39 is 14.4 Å². The van der Waals surface area contributed by atoms with Crippen molar-refractivity contribution in [1.82, 2.24) is 9.78 Å². The van der Waals surface area contributed by atoms with Crippen molar-refractivity contribution in [3.63, 3.8) is 0 Å². The van der Waals surface area contributed by atoms with Gasteiger partial charge in [-0.25, -0.2) is 9.48 Å². The second-order valence-corrected chi connectivity index (χ2v) is 14.3. The standard InChI is InChI=1S/C18H33N3O4Si/c1-17(2,3)21-15(19-16(22)23)10-13(20-21)14-9-12(11-24-14)25-26(7,8)18(4,5)6/h10,12,14,19H,9,11H2,1-8H3,(H,22,23)/t12-,14-/m1/s1. The Labute approximate surface area is 157 Å². The van der Waals surface area contributed by atoms with Crippen LogP contribution in [-0.4, -0.2) is 42.0 Å². The van der Waals surface area contributed by atoms with Crippen LogP contribution in [0.25, 0.3) is 0 Å². The van der Waals surface area contributed by atoms with Gasteiger partial charge >= 0.3 is 6.09 Å². The fraction of sp³-hybridized carbons (Fsp3) is 0.778. The normalized spacial score (nSPS) is 21.8. The van der Waals surface area contributed by atoms with Gasteiger partial charge in [0.1, 0.15) is 11.9 Å². The van der Waals surface area contributed by atoms with Gasteiger partial charge in [-0.2, -0.15) is 5.10 Å². The predicted molar refractivity (Wildman–Crippen MR) is 104 cm³/mol. The Morgan fingerprint density at radius 2 is 1.96 bits per heavy atom. The highest BCUT2D eigenvalue weighted by molar-refractivity contribution is 6.74. The average molecular weight is 384 g/mol. The minimum Gasteiger partial charge on any atom is -0.465 e.